The van der Waals surface area contributed by atoms with Gasteiger partial charge in [-0.1, -0.05) is 12.1 Å². The monoisotopic (exact) mass is 182 g/mol. The summed E-state index contributed by atoms with van der Waals surface area (Å²) in [7, 11) is 0. The van der Waals surface area contributed by atoms with Gasteiger partial charge in [0, 0.05) is 0 Å². The van der Waals surface area contributed by atoms with Crippen molar-refractivity contribution in [2.75, 3.05) is 0 Å². The lowest BCUT2D eigenvalue weighted by Crippen LogP contribution is -2.32. The molecule has 0 heterocycles. The van der Waals surface area contributed by atoms with Gasteiger partial charge in [-0.3, -0.25) is 4.79 Å². The second kappa shape index (κ2) is 3.91. The van der Waals surface area contributed by atoms with Crippen LogP contribution in [0, 0.1) is 0 Å². The average molecular weight is 182 g/mol. The SMILES string of the molecule is [2H]c1cc(O)ccc1C[C@H](N)C(=O)O. The summed E-state index contributed by atoms with van der Waals surface area (Å²) in [6.07, 6.45) is 0.0917. The molecule has 0 aliphatic carbocycles. The molecule has 0 saturated carbocycles. The highest BCUT2D eigenvalue weighted by Crippen LogP contribution is 2.10. The average Bonchev–Trinajstić information content (AvgIpc) is 2.09. The minimum Gasteiger partial charge on any atom is -0.508 e. The zero-order chi connectivity index (χ0) is 10.7. The summed E-state index contributed by atoms with van der Waals surface area (Å²) in [4.78, 5) is 10.4. The van der Waals surface area contributed by atoms with Crippen LogP contribution in [0.4, 0.5) is 0 Å². The maximum absolute atomic E-state index is 10.4. The molecule has 4 nitrogen and oxygen atoms in total. The van der Waals surface area contributed by atoms with E-state index in [2.05, 4.69) is 0 Å². The van der Waals surface area contributed by atoms with Crippen molar-refractivity contribution in [3.63, 3.8) is 0 Å². The maximum Gasteiger partial charge on any atom is 0.320 e. The van der Waals surface area contributed by atoms with Crippen LogP contribution < -0.4 is 5.73 Å². The van der Waals surface area contributed by atoms with Crippen LogP contribution in [-0.2, 0) is 11.2 Å². The van der Waals surface area contributed by atoms with Crippen molar-refractivity contribution >= 4 is 5.97 Å². The molecule has 4 N–H and O–H groups in total. The van der Waals surface area contributed by atoms with Crippen molar-refractivity contribution in [2.24, 2.45) is 5.73 Å². The number of phenolic OH excluding ortho intramolecular Hbond substituents is 1. The van der Waals surface area contributed by atoms with Crippen LogP contribution in [-0.4, -0.2) is 22.2 Å². The summed E-state index contributed by atoms with van der Waals surface area (Å²) in [6.45, 7) is 0. The number of hydrogen-bond donors (Lipinski definition) is 3. The Labute approximate surface area is 77.0 Å². The Hall–Kier alpha value is -1.55. The summed E-state index contributed by atoms with van der Waals surface area (Å²) < 4.78 is 7.44. The summed E-state index contributed by atoms with van der Waals surface area (Å²) in [6, 6.07) is 3.25. The van der Waals surface area contributed by atoms with Gasteiger partial charge in [-0.05, 0) is 24.1 Å². The van der Waals surface area contributed by atoms with Crippen molar-refractivity contribution in [1.82, 2.24) is 0 Å². The quantitative estimate of drug-likeness (QED) is 0.629. The normalized spacial score (nSPS) is 13.5. The number of hydrogen-bond acceptors (Lipinski definition) is 3. The largest absolute Gasteiger partial charge is 0.508 e. The minimum absolute atomic E-state index is 0.0114. The first-order valence-corrected chi connectivity index (χ1v) is 3.77. The number of benzene rings is 1. The zero-order valence-electron chi connectivity index (χ0n) is 7.90. The number of nitrogens with two attached hydrogens (primary N) is 1. The molecule has 1 aromatic carbocycles. The standard InChI is InChI=1S/C9H11NO3/c10-8(9(12)13)5-6-1-3-7(11)4-2-6/h1-4,8,11H,5,10H2,(H,12,13)/t8-/m0/s1/i1D. The number of aliphatic carboxylic acids is 1. The van der Waals surface area contributed by atoms with Gasteiger partial charge in [-0.15, -0.1) is 0 Å². The van der Waals surface area contributed by atoms with Crippen molar-refractivity contribution < 1.29 is 16.4 Å². The molecule has 0 unspecified atom stereocenters. The molecule has 70 valence electrons. The molecule has 0 fully saturated rings. The molecule has 0 radical (unpaired) electrons. The molecule has 0 bridgehead atoms. The molecule has 4 heteroatoms. The van der Waals surface area contributed by atoms with Gasteiger partial charge < -0.3 is 15.9 Å². The molecule has 13 heavy (non-hydrogen) atoms. The fraction of sp³-hybridized carbons (Fsp3) is 0.222. The maximum atomic E-state index is 10.4. The number of phenols is 1. The lowest BCUT2D eigenvalue weighted by atomic mass is 10.1. The van der Waals surface area contributed by atoms with E-state index in [1.807, 2.05) is 0 Å². The van der Waals surface area contributed by atoms with E-state index in [1.165, 1.54) is 18.2 Å². The predicted octanol–water partition coefficient (Wildman–Crippen LogP) is 0.347. The van der Waals surface area contributed by atoms with E-state index in [1.54, 1.807) is 0 Å². The Morgan fingerprint density at radius 1 is 1.62 bits per heavy atom. The molecular weight excluding hydrogens is 170 g/mol. The summed E-state index contributed by atoms with van der Waals surface area (Å²) in [5.41, 5.74) is 5.82. The molecule has 0 spiro atoms. The van der Waals surface area contributed by atoms with Crippen LogP contribution in [0.15, 0.2) is 24.2 Å². The number of aromatic hydroxyl groups is 1. The van der Waals surface area contributed by atoms with Crippen LogP contribution in [0.5, 0.6) is 5.75 Å². The topological polar surface area (TPSA) is 83.5 Å². The number of carboxylic acid groups (broad SMARTS) is 1. The Kier molecular flexibility index (Phi) is 2.43. The van der Waals surface area contributed by atoms with Crippen LogP contribution in [0.1, 0.15) is 6.93 Å². The Morgan fingerprint density at radius 3 is 2.85 bits per heavy atom. The van der Waals surface area contributed by atoms with Gasteiger partial charge in [0.25, 0.3) is 0 Å². The third-order valence-corrected chi connectivity index (χ3v) is 1.62. The molecule has 0 saturated heterocycles. The first-order chi connectivity index (χ1) is 6.50. The number of carbonyl (C=O) groups is 1. The highest BCUT2D eigenvalue weighted by atomic mass is 16.4. The zero-order valence-corrected chi connectivity index (χ0v) is 6.90. The lowest BCUT2D eigenvalue weighted by molar-refractivity contribution is -0.138. The van der Waals surface area contributed by atoms with E-state index in [0.717, 1.165) is 0 Å². The van der Waals surface area contributed by atoms with Gasteiger partial charge in [-0.25, -0.2) is 0 Å². The third kappa shape index (κ3) is 2.76. The van der Waals surface area contributed by atoms with Crippen LogP contribution >= 0.6 is 0 Å². The van der Waals surface area contributed by atoms with Crippen LogP contribution in [0.2, 0.25) is 0 Å². The molecule has 0 aliphatic heterocycles. The highest BCUT2D eigenvalue weighted by molar-refractivity contribution is 5.73. The molecule has 0 aliphatic rings. The van der Waals surface area contributed by atoms with E-state index in [4.69, 9.17) is 17.3 Å². The molecular formula is C9H11NO3. The third-order valence-electron chi connectivity index (χ3n) is 1.62. The Morgan fingerprint density at radius 2 is 2.31 bits per heavy atom. The fourth-order valence-electron chi connectivity index (χ4n) is 0.900. The number of rotatable bonds is 3. The van der Waals surface area contributed by atoms with E-state index >= 15 is 0 Å². The smallest absolute Gasteiger partial charge is 0.320 e. The second-order valence-electron chi connectivity index (χ2n) is 2.72. The van der Waals surface area contributed by atoms with E-state index in [9.17, 15) is 4.79 Å². The summed E-state index contributed by atoms with van der Waals surface area (Å²) in [5, 5.41) is 17.6. The molecule has 1 atom stereocenters. The van der Waals surface area contributed by atoms with E-state index in [-0.39, 0.29) is 18.2 Å². The minimum atomic E-state index is -1.10. The molecule has 1 rings (SSSR count). The van der Waals surface area contributed by atoms with Crippen molar-refractivity contribution in [2.45, 2.75) is 12.5 Å². The van der Waals surface area contributed by atoms with Crippen LogP contribution in [0.3, 0.4) is 0 Å². The second-order valence-corrected chi connectivity index (χ2v) is 2.72. The molecule has 0 aromatic heterocycles. The highest BCUT2D eigenvalue weighted by Gasteiger charge is 2.11. The molecule has 0 amide bonds. The predicted molar refractivity (Wildman–Crippen MR) is 47.4 cm³/mol. The first kappa shape index (κ1) is 8.07. The van der Waals surface area contributed by atoms with Gasteiger partial charge >= 0.3 is 5.97 Å². The van der Waals surface area contributed by atoms with Gasteiger partial charge in [0.1, 0.15) is 11.8 Å². The molecule has 1 aromatic rings. The van der Waals surface area contributed by atoms with Gasteiger partial charge in [0.2, 0.25) is 0 Å². The fourth-order valence-corrected chi connectivity index (χ4v) is 0.900. The van der Waals surface area contributed by atoms with E-state index < -0.39 is 12.0 Å². The van der Waals surface area contributed by atoms with Crippen molar-refractivity contribution in [1.29, 1.82) is 0 Å². The number of carboxylic acids is 1. The Balaban J connectivity index is 2.82. The van der Waals surface area contributed by atoms with Gasteiger partial charge in [0.15, 0.2) is 0 Å². The Bertz CT molecular complexity index is 354. The van der Waals surface area contributed by atoms with Gasteiger partial charge in [-0.2, -0.15) is 0 Å². The first-order valence-electron chi connectivity index (χ1n) is 4.27. The summed E-state index contributed by atoms with van der Waals surface area (Å²) in [5.74, 6) is -1.11. The van der Waals surface area contributed by atoms with Crippen molar-refractivity contribution in [3.8, 4) is 5.75 Å². The van der Waals surface area contributed by atoms with Gasteiger partial charge in [0.05, 0.1) is 1.37 Å². The summed E-state index contributed by atoms with van der Waals surface area (Å²) >= 11 is 0. The lowest BCUT2D eigenvalue weighted by Gasteiger charge is -2.05. The van der Waals surface area contributed by atoms with E-state index in [0.29, 0.717) is 5.56 Å². The van der Waals surface area contributed by atoms with Crippen LogP contribution in [0.25, 0.3) is 0 Å². The van der Waals surface area contributed by atoms with Crippen molar-refractivity contribution in [3.05, 3.63) is 29.8 Å².